The molecule has 1 aromatic heterocycles. The lowest BCUT2D eigenvalue weighted by molar-refractivity contribution is 0.590. The first kappa shape index (κ1) is 43.1. The van der Waals surface area contributed by atoms with E-state index in [1.807, 2.05) is 11.3 Å². The molecule has 0 radical (unpaired) electrons. The molecule has 71 heavy (non-hydrogen) atoms. The molecule has 2 heteroatoms. The van der Waals surface area contributed by atoms with Gasteiger partial charge in [-0.2, -0.15) is 0 Å². The zero-order valence-electron chi connectivity index (χ0n) is 40.9. The molecule has 0 saturated carbocycles. The van der Waals surface area contributed by atoms with Crippen molar-refractivity contribution in [3.05, 3.63) is 244 Å². The summed E-state index contributed by atoms with van der Waals surface area (Å²) in [5.74, 6) is 0. The Hall–Kier alpha value is -7.96. The summed E-state index contributed by atoms with van der Waals surface area (Å²) >= 11 is 1.92. The van der Waals surface area contributed by atoms with Gasteiger partial charge >= 0.3 is 0 Å². The predicted molar refractivity (Wildman–Crippen MR) is 304 cm³/mol. The van der Waals surface area contributed by atoms with Gasteiger partial charge in [0, 0.05) is 41.9 Å². The lowest BCUT2D eigenvalue weighted by Gasteiger charge is -2.31. The first-order valence-corrected chi connectivity index (χ1v) is 25.9. The molecule has 2 aliphatic rings. The molecule has 0 bridgehead atoms. The van der Waals surface area contributed by atoms with E-state index in [9.17, 15) is 0 Å². The summed E-state index contributed by atoms with van der Waals surface area (Å²) in [4.78, 5) is 2.51. The highest BCUT2D eigenvalue weighted by Crippen LogP contribution is 2.52. The Bertz CT molecular complexity index is 4030. The second-order valence-electron chi connectivity index (χ2n) is 21.0. The van der Waals surface area contributed by atoms with Crippen LogP contribution in [-0.4, -0.2) is 0 Å². The van der Waals surface area contributed by atoms with Crippen LogP contribution < -0.4 is 14.7 Å². The number of thiophene rings is 1. The summed E-state index contributed by atoms with van der Waals surface area (Å²) in [6, 6.07) is 82.5. The van der Waals surface area contributed by atoms with Crippen molar-refractivity contribution in [2.45, 2.75) is 58.3 Å². The lowest BCUT2D eigenvalue weighted by atomic mass is 9.82. The van der Waals surface area contributed by atoms with Crippen molar-refractivity contribution >= 4 is 71.7 Å². The number of nitrogens with zero attached hydrogens (tertiary/aromatic N) is 1. The van der Waals surface area contributed by atoms with Gasteiger partial charge in [-0.3, -0.25) is 0 Å². The van der Waals surface area contributed by atoms with Gasteiger partial charge in [0.25, 0.3) is 0 Å². The summed E-state index contributed by atoms with van der Waals surface area (Å²) in [5, 5.41) is 7.69. The molecule has 0 fully saturated rings. The number of fused-ring (bicyclic) bond motifs is 8. The van der Waals surface area contributed by atoms with Crippen LogP contribution in [0.15, 0.2) is 200 Å². The van der Waals surface area contributed by atoms with E-state index in [-0.39, 0.29) is 10.8 Å². The predicted octanol–water partition coefficient (Wildman–Crippen LogP) is 17.7. The van der Waals surface area contributed by atoms with Crippen LogP contribution in [0.2, 0.25) is 0 Å². The Morgan fingerprint density at radius 2 is 1.13 bits per heavy atom. The normalized spacial score (nSPS) is 13.7. The van der Waals surface area contributed by atoms with Crippen LogP contribution in [0.5, 0.6) is 0 Å². The maximum atomic E-state index is 3.87. The fourth-order valence-electron chi connectivity index (χ4n) is 11.6. The van der Waals surface area contributed by atoms with Crippen molar-refractivity contribution in [2.75, 3.05) is 4.90 Å². The molecule has 0 N–H and O–H groups in total. The molecular formula is C69H53NS. The Balaban J connectivity index is 1.06. The van der Waals surface area contributed by atoms with E-state index < -0.39 is 0 Å². The minimum Gasteiger partial charge on any atom is -0.302 e. The molecule has 0 saturated heterocycles. The standard InChI is InChI=1S/C69H53NS/c1-68(2,3)52-34-30-45(31-35-52)44-26-28-46(29-27-44)51-33-38-62(57(40-51)47-16-7-6-8-17-47)70(53-36-37-60-59(43-53)58-41-49-19-9-10-20-50(49)42-61(58)69(60,4)5)63-39-32-48-18-11-12-21-54(48)66(63)56-23-15-25-65-67(56)55-22-13-14-24-64(55)71-65/h6-14,16-22,24-35,38-43H,15,23H2,1-5H3. The molecule has 2 aliphatic carbocycles. The monoisotopic (exact) mass is 927 g/mol. The quantitative estimate of drug-likeness (QED) is 0.154. The van der Waals surface area contributed by atoms with Crippen LogP contribution in [-0.2, 0) is 10.8 Å². The Kier molecular flexibility index (Phi) is 10.1. The van der Waals surface area contributed by atoms with E-state index in [0.717, 1.165) is 41.0 Å². The van der Waals surface area contributed by atoms with Gasteiger partial charge < -0.3 is 4.90 Å². The van der Waals surface area contributed by atoms with E-state index in [0.29, 0.717) is 0 Å². The molecule has 13 rings (SSSR count). The summed E-state index contributed by atoms with van der Waals surface area (Å²) in [5.41, 5.74) is 19.2. The molecule has 1 heterocycles. The van der Waals surface area contributed by atoms with E-state index in [4.69, 9.17) is 0 Å². The van der Waals surface area contributed by atoms with Crippen molar-refractivity contribution in [1.29, 1.82) is 0 Å². The third-order valence-electron chi connectivity index (χ3n) is 15.3. The van der Waals surface area contributed by atoms with Crippen molar-refractivity contribution in [1.82, 2.24) is 0 Å². The van der Waals surface area contributed by atoms with Crippen molar-refractivity contribution in [3.63, 3.8) is 0 Å². The number of rotatable bonds is 7. The Morgan fingerprint density at radius 1 is 0.507 bits per heavy atom. The van der Waals surface area contributed by atoms with E-state index in [2.05, 4.69) is 258 Å². The van der Waals surface area contributed by atoms with E-state index >= 15 is 0 Å². The molecule has 0 spiro atoms. The SMILES string of the molecule is CC(C)(C)c1ccc(-c2ccc(-c3ccc(N(c4c#cc5c(c4)-c4cc6ccccc6cc4C5(C)C)c4ccc5ccccc5c4C4=c5c(sc6ccccc56)=CCC4)c(-c4ccccc4)c3)cc2)cc1. The van der Waals surface area contributed by atoms with E-state index in [1.165, 1.54) is 103 Å². The molecule has 11 aromatic rings. The van der Waals surface area contributed by atoms with Crippen molar-refractivity contribution < 1.29 is 0 Å². The van der Waals surface area contributed by atoms with Crippen LogP contribution in [0.4, 0.5) is 17.1 Å². The topological polar surface area (TPSA) is 3.24 Å². The molecular weight excluding hydrogens is 875 g/mol. The van der Waals surface area contributed by atoms with Crippen LogP contribution >= 0.6 is 11.3 Å². The summed E-state index contributed by atoms with van der Waals surface area (Å²) in [6.45, 7) is 11.5. The summed E-state index contributed by atoms with van der Waals surface area (Å²) in [7, 11) is 0. The zero-order chi connectivity index (χ0) is 48.0. The van der Waals surface area contributed by atoms with Gasteiger partial charge in [-0.1, -0.05) is 204 Å². The Labute approximate surface area is 421 Å². The fraction of sp³-hybridized carbons (Fsp3) is 0.130. The van der Waals surface area contributed by atoms with Crippen LogP contribution in [0.1, 0.15) is 69.7 Å². The first-order valence-electron chi connectivity index (χ1n) is 25.0. The van der Waals surface area contributed by atoms with Gasteiger partial charge in [-0.15, -0.1) is 11.3 Å². The number of anilines is 3. The minimum absolute atomic E-state index is 0.112. The summed E-state index contributed by atoms with van der Waals surface area (Å²) in [6.07, 6.45) is 4.39. The average Bonchev–Trinajstić information content (AvgIpc) is 3.89. The lowest BCUT2D eigenvalue weighted by Crippen LogP contribution is -2.26. The van der Waals surface area contributed by atoms with Gasteiger partial charge in [-0.05, 0) is 144 Å². The van der Waals surface area contributed by atoms with Crippen LogP contribution in [0, 0.1) is 12.1 Å². The highest BCUT2D eigenvalue weighted by atomic mass is 32.1. The maximum Gasteiger partial charge on any atom is 0.0980 e. The van der Waals surface area contributed by atoms with Gasteiger partial charge in [0.15, 0.2) is 0 Å². The number of hydrogen-bond acceptors (Lipinski definition) is 2. The largest absolute Gasteiger partial charge is 0.302 e. The summed E-state index contributed by atoms with van der Waals surface area (Å²) < 4.78 is 2.69. The Morgan fingerprint density at radius 3 is 1.87 bits per heavy atom. The van der Waals surface area contributed by atoms with Gasteiger partial charge in [0.1, 0.15) is 0 Å². The van der Waals surface area contributed by atoms with Crippen molar-refractivity contribution in [3.8, 4) is 44.5 Å². The number of benzene rings is 9. The molecule has 340 valence electrons. The van der Waals surface area contributed by atoms with Crippen molar-refractivity contribution in [2.24, 2.45) is 0 Å². The van der Waals surface area contributed by atoms with Crippen LogP contribution in [0.3, 0.4) is 0 Å². The molecule has 10 aromatic carbocycles. The molecule has 0 atom stereocenters. The second-order valence-corrected chi connectivity index (χ2v) is 22.1. The second kappa shape index (κ2) is 16.6. The van der Waals surface area contributed by atoms with Gasteiger partial charge in [-0.25, -0.2) is 0 Å². The molecule has 0 unspecified atom stereocenters. The van der Waals surface area contributed by atoms with Crippen LogP contribution in [0.25, 0.3) is 87.8 Å². The first-order chi connectivity index (χ1) is 34.6. The molecule has 0 aliphatic heterocycles. The fourth-order valence-corrected chi connectivity index (χ4v) is 12.8. The number of hydrogen-bond donors (Lipinski definition) is 0. The third-order valence-corrected chi connectivity index (χ3v) is 16.5. The minimum atomic E-state index is -0.240. The molecule has 0 amide bonds. The average molecular weight is 928 g/mol. The van der Waals surface area contributed by atoms with Gasteiger partial charge in [0.2, 0.25) is 0 Å². The maximum absolute atomic E-state index is 3.87. The smallest absolute Gasteiger partial charge is 0.0980 e. The highest BCUT2D eigenvalue weighted by Gasteiger charge is 2.37. The third kappa shape index (κ3) is 7.22. The van der Waals surface area contributed by atoms with Gasteiger partial charge in [0.05, 0.1) is 17.1 Å². The molecule has 1 nitrogen and oxygen atoms in total. The highest BCUT2D eigenvalue weighted by molar-refractivity contribution is 7.17. The zero-order valence-corrected chi connectivity index (χ0v) is 41.7. The van der Waals surface area contributed by atoms with E-state index in [1.54, 1.807) is 0 Å².